The van der Waals surface area contributed by atoms with Crippen molar-refractivity contribution in [2.24, 2.45) is 5.73 Å². The fourth-order valence-electron chi connectivity index (χ4n) is 2.14. The molecule has 0 saturated carbocycles. The molecule has 0 aromatic heterocycles. The van der Waals surface area contributed by atoms with Gasteiger partial charge in [0.1, 0.15) is 5.75 Å². The van der Waals surface area contributed by atoms with Gasteiger partial charge in [-0.25, -0.2) is 0 Å². The average Bonchev–Trinajstić information content (AvgIpc) is 2.47. The normalized spacial score (nSPS) is 13.0. The van der Waals surface area contributed by atoms with E-state index in [4.69, 9.17) is 10.5 Å². The van der Waals surface area contributed by atoms with Crippen LogP contribution in [0.3, 0.4) is 0 Å². The molecule has 0 aliphatic rings. The Morgan fingerprint density at radius 3 is 2.24 bits per heavy atom. The third-order valence-electron chi connectivity index (χ3n) is 3.15. The molecule has 0 bridgehead atoms. The Morgan fingerprint density at radius 2 is 1.67 bits per heavy atom. The van der Waals surface area contributed by atoms with Crippen molar-refractivity contribution in [2.75, 3.05) is 6.61 Å². The highest BCUT2D eigenvalue weighted by molar-refractivity contribution is 5.40. The topological polar surface area (TPSA) is 35.2 Å². The van der Waals surface area contributed by atoms with Crippen LogP contribution >= 0.6 is 0 Å². The lowest BCUT2D eigenvalue weighted by atomic mass is 9.95. The molecule has 112 valence electrons. The van der Waals surface area contributed by atoms with Gasteiger partial charge in [0.05, 0.1) is 18.2 Å². The van der Waals surface area contributed by atoms with E-state index in [9.17, 15) is 13.2 Å². The quantitative estimate of drug-likeness (QED) is 0.919. The molecular weight excluding hydrogens is 279 g/mol. The fraction of sp³-hybridized carbons (Fsp3) is 0.250. The zero-order valence-electron chi connectivity index (χ0n) is 11.5. The largest absolute Gasteiger partial charge is 0.494 e. The van der Waals surface area contributed by atoms with Gasteiger partial charge in [-0.1, -0.05) is 30.3 Å². The molecule has 5 heteroatoms. The second-order valence-electron chi connectivity index (χ2n) is 4.56. The van der Waals surface area contributed by atoms with Gasteiger partial charge in [-0.15, -0.1) is 0 Å². The van der Waals surface area contributed by atoms with Gasteiger partial charge in [0.15, 0.2) is 0 Å². The molecule has 2 rings (SSSR count). The molecule has 2 aromatic rings. The molecule has 21 heavy (non-hydrogen) atoms. The Hall–Kier alpha value is -2.01. The maximum absolute atomic E-state index is 13.0. The molecule has 0 spiro atoms. The monoisotopic (exact) mass is 295 g/mol. The number of benzene rings is 2. The van der Waals surface area contributed by atoms with Crippen molar-refractivity contribution < 1.29 is 17.9 Å². The van der Waals surface area contributed by atoms with Crippen LogP contribution < -0.4 is 10.5 Å². The first-order valence-electron chi connectivity index (χ1n) is 6.58. The van der Waals surface area contributed by atoms with E-state index in [1.165, 1.54) is 12.1 Å². The zero-order chi connectivity index (χ0) is 15.5. The minimum absolute atomic E-state index is 0.0640. The Balaban J connectivity index is 2.34. The molecule has 2 N–H and O–H groups in total. The van der Waals surface area contributed by atoms with Gasteiger partial charge in [0, 0.05) is 0 Å². The second-order valence-corrected chi connectivity index (χ2v) is 4.56. The maximum atomic E-state index is 13.0. The van der Waals surface area contributed by atoms with Crippen molar-refractivity contribution in [3.63, 3.8) is 0 Å². The fourth-order valence-corrected chi connectivity index (χ4v) is 2.14. The van der Waals surface area contributed by atoms with Gasteiger partial charge in [0.2, 0.25) is 0 Å². The van der Waals surface area contributed by atoms with Crippen LogP contribution in [-0.4, -0.2) is 6.61 Å². The van der Waals surface area contributed by atoms with Crippen molar-refractivity contribution in [2.45, 2.75) is 19.1 Å². The van der Waals surface area contributed by atoms with Crippen LogP contribution in [-0.2, 0) is 6.18 Å². The first-order valence-corrected chi connectivity index (χ1v) is 6.58. The number of alkyl halides is 3. The Kier molecular flexibility index (Phi) is 4.53. The number of rotatable bonds is 4. The third kappa shape index (κ3) is 3.55. The zero-order valence-corrected chi connectivity index (χ0v) is 11.5. The van der Waals surface area contributed by atoms with E-state index >= 15 is 0 Å². The smallest absolute Gasteiger partial charge is 0.416 e. The Morgan fingerprint density at radius 1 is 1.05 bits per heavy atom. The molecular formula is C16H16F3NO. The van der Waals surface area contributed by atoms with Crippen LogP contribution in [0.5, 0.6) is 5.75 Å². The van der Waals surface area contributed by atoms with E-state index < -0.39 is 17.8 Å². The molecule has 0 aliphatic heterocycles. The van der Waals surface area contributed by atoms with Gasteiger partial charge < -0.3 is 10.5 Å². The van der Waals surface area contributed by atoms with Gasteiger partial charge in [-0.3, -0.25) is 0 Å². The summed E-state index contributed by atoms with van der Waals surface area (Å²) >= 11 is 0. The lowest BCUT2D eigenvalue weighted by Gasteiger charge is -2.18. The number of ether oxygens (including phenoxy) is 1. The third-order valence-corrected chi connectivity index (χ3v) is 3.15. The number of nitrogens with two attached hydrogens (primary N) is 1. The van der Waals surface area contributed by atoms with E-state index in [-0.39, 0.29) is 5.56 Å². The molecule has 0 radical (unpaired) electrons. The van der Waals surface area contributed by atoms with Crippen molar-refractivity contribution in [3.05, 3.63) is 65.2 Å². The van der Waals surface area contributed by atoms with Crippen LogP contribution in [0, 0.1) is 0 Å². The van der Waals surface area contributed by atoms with Gasteiger partial charge in [-0.05, 0) is 36.2 Å². The lowest BCUT2D eigenvalue weighted by Crippen LogP contribution is -2.18. The predicted octanol–water partition coefficient (Wildman–Crippen LogP) is 4.15. The van der Waals surface area contributed by atoms with Gasteiger partial charge >= 0.3 is 6.18 Å². The van der Waals surface area contributed by atoms with E-state index in [1.807, 2.05) is 6.92 Å². The molecule has 1 atom stereocenters. The first-order chi connectivity index (χ1) is 9.93. The number of hydrogen-bond donors (Lipinski definition) is 1. The standard InChI is InChI=1S/C16H16F3NO/c1-2-21-12-9-7-11(8-10-12)15(20)13-5-3-4-6-14(13)16(17,18)19/h3-10,15H,2,20H2,1H3. The first kappa shape index (κ1) is 15.4. The van der Waals surface area contributed by atoms with Crippen LogP contribution in [0.2, 0.25) is 0 Å². The van der Waals surface area contributed by atoms with Crippen LogP contribution in [0.1, 0.15) is 29.7 Å². The predicted molar refractivity (Wildman–Crippen MR) is 75.1 cm³/mol. The molecule has 0 saturated heterocycles. The molecule has 1 unspecified atom stereocenters. The molecule has 0 fully saturated rings. The minimum atomic E-state index is -4.42. The van der Waals surface area contributed by atoms with Crippen LogP contribution in [0.4, 0.5) is 13.2 Å². The van der Waals surface area contributed by atoms with E-state index in [2.05, 4.69) is 0 Å². The summed E-state index contributed by atoms with van der Waals surface area (Å²) in [5.74, 6) is 0.664. The summed E-state index contributed by atoms with van der Waals surface area (Å²) in [5, 5.41) is 0. The number of halogens is 3. The molecule has 2 aromatic carbocycles. The highest BCUT2D eigenvalue weighted by Gasteiger charge is 2.34. The van der Waals surface area contributed by atoms with Crippen molar-refractivity contribution >= 4 is 0 Å². The van der Waals surface area contributed by atoms with Crippen molar-refractivity contribution in [3.8, 4) is 5.75 Å². The summed E-state index contributed by atoms with van der Waals surface area (Å²) < 4.78 is 44.3. The highest BCUT2D eigenvalue weighted by Crippen LogP contribution is 2.35. The summed E-state index contributed by atoms with van der Waals surface area (Å²) in [6, 6.07) is 11.3. The summed E-state index contributed by atoms with van der Waals surface area (Å²) in [5.41, 5.74) is 5.97. The van der Waals surface area contributed by atoms with Gasteiger partial charge in [0.25, 0.3) is 0 Å². The average molecular weight is 295 g/mol. The molecule has 0 amide bonds. The number of hydrogen-bond acceptors (Lipinski definition) is 2. The van der Waals surface area contributed by atoms with Crippen LogP contribution in [0.15, 0.2) is 48.5 Å². The maximum Gasteiger partial charge on any atom is 0.416 e. The van der Waals surface area contributed by atoms with E-state index in [0.29, 0.717) is 17.9 Å². The Bertz CT molecular complexity index is 593. The van der Waals surface area contributed by atoms with Crippen LogP contribution in [0.25, 0.3) is 0 Å². The SMILES string of the molecule is CCOc1ccc(C(N)c2ccccc2C(F)(F)F)cc1. The van der Waals surface area contributed by atoms with E-state index in [0.717, 1.165) is 6.07 Å². The summed E-state index contributed by atoms with van der Waals surface area (Å²) in [7, 11) is 0. The van der Waals surface area contributed by atoms with Crippen molar-refractivity contribution in [1.82, 2.24) is 0 Å². The Labute approximate surface area is 121 Å². The molecule has 2 nitrogen and oxygen atoms in total. The van der Waals surface area contributed by atoms with E-state index in [1.54, 1.807) is 30.3 Å². The minimum Gasteiger partial charge on any atom is -0.494 e. The second kappa shape index (κ2) is 6.18. The summed E-state index contributed by atoms with van der Waals surface area (Å²) in [6.45, 7) is 2.39. The summed E-state index contributed by atoms with van der Waals surface area (Å²) in [6.07, 6.45) is -4.42. The van der Waals surface area contributed by atoms with Gasteiger partial charge in [-0.2, -0.15) is 13.2 Å². The molecule has 0 heterocycles. The molecule has 0 aliphatic carbocycles. The summed E-state index contributed by atoms with van der Waals surface area (Å²) in [4.78, 5) is 0. The highest BCUT2D eigenvalue weighted by atomic mass is 19.4. The lowest BCUT2D eigenvalue weighted by molar-refractivity contribution is -0.138. The van der Waals surface area contributed by atoms with Crippen molar-refractivity contribution in [1.29, 1.82) is 0 Å².